The summed E-state index contributed by atoms with van der Waals surface area (Å²) in [7, 11) is 0. The molecule has 27 heavy (non-hydrogen) atoms. The van der Waals surface area contributed by atoms with Gasteiger partial charge in [-0.1, -0.05) is 12.1 Å². The Kier molecular flexibility index (Phi) is 8.33. The van der Waals surface area contributed by atoms with E-state index >= 15 is 0 Å². The monoisotopic (exact) mass is 388 g/mol. The van der Waals surface area contributed by atoms with E-state index in [0.717, 1.165) is 51.6 Å². The molecule has 1 heterocycles. The van der Waals surface area contributed by atoms with Gasteiger partial charge in [0.15, 0.2) is 0 Å². The van der Waals surface area contributed by atoms with Crippen LogP contribution in [0.25, 0.3) is 0 Å². The second-order valence-electron chi connectivity index (χ2n) is 6.54. The summed E-state index contributed by atoms with van der Waals surface area (Å²) in [5.41, 5.74) is -1.11. The van der Waals surface area contributed by atoms with Crippen molar-refractivity contribution >= 4 is 11.7 Å². The van der Waals surface area contributed by atoms with E-state index in [9.17, 15) is 18.0 Å². The highest BCUT2D eigenvalue weighted by atomic mass is 19.4. The molecule has 9 heteroatoms. The molecular weight excluding hydrogens is 361 g/mol. The first-order valence-electron chi connectivity index (χ1n) is 9.17. The van der Waals surface area contributed by atoms with E-state index in [0.29, 0.717) is 13.1 Å². The Morgan fingerprint density at radius 1 is 1.04 bits per heavy atom. The first-order chi connectivity index (χ1) is 12.9. The Morgan fingerprint density at radius 2 is 1.67 bits per heavy atom. The van der Waals surface area contributed by atoms with Crippen molar-refractivity contribution in [2.75, 3.05) is 57.7 Å². The number of unbranched alkanes of at least 4 members (excludes halogenated alkanes) is 1. The average molecular weight is 388 g/mol. The van der Waals surface area contributed by atoms with Gasteiger partial charge in [0.1, 0.15) is 0 Å². The van der Waals surface area contributed by atoms with E-state index in [4.69, 9.17) is 5.11 Å². The number of aliphatic hydroxyl groups is 1. The van der Waals surface area contributed by atoms with Gasteiger partial charge in [0.05, 0.1) is 17.9 Å². The first kappa shape index (κ1) is 21.5. The third-order valence-corrected chi connectivity index (χ3v) is 4.55. The van der Waals surface area contributed by atoms with Crippen molar-refractivity contribution in [3.8, 4) is 0 Å². The average Bonchev–Trinajstić information content (AvgIpc) is 2.62. The number of piperazine rings is 1. The SMILES string of the molecule is O=C(NCCCCN1CCN(CCO)CC1)Nc1ccccc1C(F)(F)F. The number of benzene rings is 1. The molecule has 0 saturated carbocycles. The minimum Gasteiger partial charge on any atom is -0.395 e. The molecule has 0 spiro atoms. The molecule has 3 N–H and O–H groups in total. The highest BCUT2D eigenvalue weighted by molar-refractivity contribution is 5.90. The number of hydrogen-bond donors (Lipinski definition) is 3. The molecule has 2 amide bonds. The second-order valence-corrected chi connectivity index (χ2v) is 6.54. The number of rotatable bonds is 8. The lowest BCUT2D eigenvalue weighted by Crippen LogP contribution is -2.47. The van der Waals surface area contributed by atoms with E-state index < -0.39 is 17.8 Å². The number of carbonyl (C=O) groups is 1. The van der Waals surface area contributed by atoms with Crippen LogP contribution in [0.5, 0.6) is 0 Å². The number of alkyl halides is 3. The number of aliphatic hydroxyl groups excluding tert-OH is 1. The molecule has 1 aromatic rings. The number of β-amino-alcohol motifs (C(OH)–C–C–N with tert-alkyl or cyclic N) is 1. The number of halogens is 3. The smallest absolute Gasteiger partial charge is 0.395 e. The van der Waals surface area contributed by atoms with Gasteiger partial charge < -0.3 is 20.6 Å². The summed E-state index contributed by atoms with van der Waals surface area (Å²) >= 11 is 0. The molecule has 0 atom stereocenters. The van der Waals surface area contributed by atoms with Crippen molar-refractivity contribution in [2.45, 2.75) is 19.0 Å². The highest BCUT2D eigenvalue weighted by Crippen LogP contribution is 2.34. The largest absolute Gasteiger partial charge is 0.418 e. The fourth-order valence-electron chi connectivity index (χ4n) is 3.05. The molecule has 0 aliphatic carbocycles. The second kappa shape index (κ2) is 10.5. The standard InChI is InChI=1S/C18H27F3N4O2/c19-18(20,21)15-5-1-2-6-16(15)23-17(27)22-7-3-4-8-24-9-11-25(12-10-24)13-14-26/h1-2,5-6,26H,3-4,7-14H2,(H2,22,23,27). The zero-order valence-electron chi connectivity index (χ0n) is 15.3. The number of nitrogens with zero attached hydrogens (tertiary/aromatic N) is 2. The van der Waals surface area contributed by atoms with Gasteiger partial charge in [0.2, 0.25) is 0 Å². The zero-order chi connectivity index (χ0) is 19.7. The van der Waals surface area contributed by atoms with Gasteiger partial charge in [-0.25, -0.2) is 4.79 Å². The molecule has 1 fully saturated rings. The molecular formula is C18H27F3N4O2. The van der Waals surface area contributed by atoms with Gasteiger partial charge >= 0.3 is 12.2 Å². The normalized spacial score (nSPS) is 16.3. The Labute approximate surface area is 157 Å². The zero-order valence-corrected chi connectivity index (χ0v) is 15.3. The van der Waals surface area contributed by atoms with Crippen LogP contribution in [0.1, 0.15) is 18.4 Å². The molecule has 152 valence electrons. The summed E-state index contributed by atoms with van der Waals surface area (Å²) in [6.45, 7) is 6.03. The summed E-state index contributed by atoms with van der Waals surface area (Å²) in [5.74, 6) is 0. The molecule has 1 saturated heterocycles. The van der Waals surface area contributed by atoms with Crippen LogP contribution < -0.4 is 10.6 Å². The number of para-hydroxylation sites is 1. The third kappa shape index (κ3) is 7.36. The van der Waals surface area contributed by atoms with Crippen molar-refractivity contribution in [3.05, 3.63) is 29.8 Å². The van der Waals surface area contributed by atoms with Crippen LogP contribution in [0.3, 0.4) is 0 Å². The molecule has 0 radical (unpaired) electrons. The summed E-state index contributed by atoms with van der Waals surface area (Å²) in [5, 5.41) is 13.8. The highest BCUT2D eigenvalue weighted by Gasteiger charge is 2.33. The molecule has 6 nitrogen and oxygen atoms in total. The third-order valence-electron chi connectivity index (χ3n) is 4.55. The molecule has 0 aromatic heterocycles. The maximum atomic E-state index is 12.9. The van der Waals surface area contributed by atoms with Crippen molar-refractivity contribution in [3.63, 3.8) is 0 Å². The maximum Gasteiger partial charge on any atom is 0.418 e. The summed E-state index contributed by atoms with van der Waals surface area (Å²) in [4.78, 5) is 16.4. The van der Waals surface area contributed by atoms with Crippen LogP contribution in [-0.4, -0.2) is 73.4 Å². The van der Waals surface area contributed by atoms with E-state index in [2.05, 4.69) is 20.4 Å². The fourth-order valence-corrected chi connectivity index (χ4v) is 3.05. The predicted octanol–water partition coefficient (Wildman–Crippen LogP) is 2.22. The minimum atomic E-state index is -4.51. The van der Waals surface area contributed by atoms with Gasteiger partial charge in [0, 0.05) is 39.3 Å². The van der Waals surface area contributed by atoms with Gasteiger partial charge in [-0.3, -0.25) is 4.90 Å². The topological polar surface area (TPSA) is 67.8 Å². The Bertz CT molecular complexity index is 590. The minimum absolute atomic E-state index is 0.182. The van der Waals surface area contributed by atoms with Gasteiger partial charge in [-0.05, 0) is 31.5 Å². The molecule has 1 aliphatic heterocycles. The van der Waals surface area contributed by atoms with Gasteiger partial charge in [-0.2, -0.15) is 13.2 Å². The van der Waals surface area contributed by atoms with Crippen LogP contribution in [0, 0.1) is 0 Å². The Morgan fingerprint density at radius 3 is 2.30 bits per heavy atom. The summed E-state index contributed by atoms with van der Waals surface area (Å²) in [6.07, 6.45) is -2.85. The van der Waals surface area contributed by atoms with Crippen molar-refractivity contribution in [1.29, 1.82) is 0 Å². The van der Waals surface area contributed by atoms with E-state index in [1.807, 2.05) is 0 Å². The maximum absolute atomic E-state index is 12.9. The summed E-state index contributed by atoms with van der Waals surface area (Å²) < 4.78 is 38.7. The van der Waals surface area contributed by atoms with E-state index in [1.165, 1.54) is 18.2 Å². The van der Waals surface area contributed by atoms with Crippen LogP contribution in [-0.2, 0) is 6.18 Å². The van der Waals surface area contributed by atoms with Gasteiger partial charge in [0.25, 0.3) is 0 Å². The van der Waals surface area contributed by atoms with E-state index in [-0.39, 0.29) is 12.3 Å². The van der Waals surface area contributed by atoms with Crippen LogP contribution in [0.2, 0.25) is 0 Å². The Balaban J connectivity index is 1.62. The molecule has 2 rings (SSSR count). The van der Waals surface area contributed by atoms with Crippen molar-refractivity contribution < 1.29 is 23.1 Å². The lowest BCUT2D eigenvalue weighted by Gasteiger charge is -2.34. The summed E-state index contributed by atoms with van der Waals surface area (Å²) in [6, 6.07) is 4.28. The predicted molar refractivity (Wildman–Crippen MR) is 97.7 cm³/mol. The number of amides is 2. The number of carbonyl (C=O) groups excluding carboxylic acids is 1. The number of nitrogens with one attached hydrogen (secondary N) is 2. The van der Waals surface area contributed by atoms with Crippen LogP contribution >= 0.6 is 0 Å². The number of hydrogen-bond acceptors (Lipinski definition) is 4. The molecule has 1 aliphatic rings. The fraction of sp³-hybridized carbons (Fsp3) is 0.611. The molecule has 1 aromatic carbocycles. The lowest BCUT2D eigenvalue weighted by molar-refractivity contribution is -0.136. The molecule has 0 unspecified atom stereocenters. The number of urea groups is 1. The van der Waals surface area contributed by atoms with Crippen LogP contribution in [0.4, 0.5) is 23.7 Å². The lowest BCUT2D eigenvalue weighted by atomic mass is 10.1. The molecule has 0 bridgehead atoms. The van der Waals surface area contributed by atoms with E-state index in [1.54, 1.807) is 0 Å². The first-order valence-corrected chi connectivity index (χ1v) is 9.17. The number of anilines is 1. The van der Waals surface area contributed by atoms with Crippen LogP contribution in [0.15, 0.2) is 24.3 Å². The van der Waals surface area contributed by atoms with Gasteiger partial charge in [-0.15, -0.1) is 0 Å². The van der Waals surface area contributed by atoms with Crippen molar-refractivity contribution in [2.24, 2.45) is 0 Å². The Hall–Kier alpha value is -1.84. The quantitative estimate of drug-likeness (QED) is 0.598. The van der Waals surface area contributed by atoms with Crippen molar-refractivity contribution in [1.82, 2.24) is 15.1 Å².